The number of carbonyl (C=O) groups is 1. The van der Waals surface area contributed by atoms with E-state index in [2.05, 4.69) is 15.3 Å². The zero-order valence-electron chi connectivity index (χ0n) is 9.04. The molecular weight excluding hydrogens is 218 g/mol. The smallest absolute Gasteiger partial charge is 0.374 e. The molecule has 5 nitrogen and oxygen atoms in total. The number of benzene rings is 1. The van der Waals surface area contributed by atoms with Crippen molar-refractivity contribution in [3.63, 3.8) is 0 Å². The fourth-order valence-electron chi connectivity index (χ4n) is 1.23. The molecule has 0 atom stereocenters. The summed E-state index contributed by atoms with van der Waals surface area (Å²) in [5, 5.41) is 2.61. The van der Waals surface area contributed by atoms with Crippen LogP contribution in [0.4, 0.5) is 4.79 Å². The second-order valence-corrected chi connectivity index (χ2v) is 3.26. The molecule has 0 saturated heterocycles. The van der Waals surface area contributed by atoms with E-state index in [-0.39, 0.29) is 6.01 Å². The van der Waals surface area contributed by atoms with Gasteiger partial charge in [0.25, 0.3) is 0 Å². The van der Waals surface area contributed by atoms with E-state index in [1.54, 1.807) is 6.07 Å². The maximum absolute atomic E-state index is 11.4. The quantitative estimate of drug-likeness (QED) is 0.871. The summed E-state index contributed by atoms with van der Waals surface area (Å²) in [6, 6.07) is 11.2. The van der Waals surface area contributed by atoms with Gasteiger partial charge in [0, 0.05) is 18.9 Å². The molecule has 2 aromatic rings. The topological polar surface area (TPSA) is 64.1 Å². The Labute approximate surface area is 98.5 Å². The van der Waals surface area contributed by atoms with E-state index in [1.807, 2.05) is 30.3 Å². The summed E-state index contributed by atoms with van der Waals surface area (Å²) in [5.41, 5.74) is 0.999. The van der Waals surface area contributed by atoms with Crippen molar-refractivity contribution in [3.05, 3.63) is 54.4 Å². The van der Waals surface area contributed by atoms with Gasteiger partial charge < -0.3 is 10.1 Å². The zero-order valence-corrected chi connectivity index (χ0v) is 9.04. The van der Waals surface area contributed by atoms with Crippen LogP contribution in [0.3, 0.4) is 0 Å². The minimum absolute atomic E-state index is 0.0399. The molecule has 1 amide bonds. The fraction of sp³-hybridized carbons (Fsp3) is 0.0833. The average molecular weight is 229 g/mol. The third kappa shape index (κ3) is 3.57. The molecule has 0 aliphatic rings. The number of aromatic nitrogens is 2. The van der Waals surface area contributed by atoms with E-state index in [0.717, 1.165) is 5.56 Å². The van der Waals surface area contributed by atoms with E-state index in [0.29, 0.717) is 6.54 Å². The van der Waals surface area contributed by atoms with Crippen LogP contribution < -0.4 is 10.1 Å². The normalized spacial score (nSPS) is 9.65. The molecule has 1 aromatic heterocycles. The van der Waals surface area contributed by atoms with Gasteiger partial charge in [-0.15, -0.1) is 0 Å². The van der Waals surface area contributed by atoms with Crippen molar-refractivity contribution in [2.45, 2.75) is 6.54 Å². The van der Waals surface area contributed by atoms with Gasteiger partial charge in [0.15, 0.2) is 0 Å². The summed E-state index contributed by atoms with van der Waals surface area (Å²) in [7, 11) is 0. The standard InChI is InChI=1S/C12H11N3O2/c16-12(17-11-13-7-4-8-14-11)15-9-10-5-2-1-3-6-10/h1-8H,9H2,(H,15,16). The van der Waals surface area contributed by atoms with Crippen molar-refractivity contribution in [2.75, 3.05) is 0 Å². The van der Waals surface area contributed by atoms with E-state index in [1.165, 1.54) is 12.4 Å². The van der Waals surface area contributed by atoms with Gasteiger partial charge in [-0.3, -0.25) is 0 Å². The lowest BCUT2D eigenvalue weighted by Gasteiger charge is -2.04. The number of nitrogens with one attached hydrogen (secondary N) is 1. The summed E-state index contributed by atoms with van der Waals surface area (Å²) in [4.78, 5) is 18.9. The maximum Gasteiger partial charge on any atom is 0.415 e. The maximum atomic E-state index is 11.4. The Morgan fingerprint density at radius 3 is 2.53 bits per heavy atom. The Kier molecular flexibility index (Phi) is 3.64. The predicted octanol–water partition coefficient (Wildman–Crippen LogP) is 1.77. The van der Waals surface area contributed by atoms with Gasteiger partial charge >= 0.3 is 12.1 Å². The van der Waals surface area contributed by atoms with Gasteiger partial charge in [0.05, 0.1) is 0 Å². The molecule has 0 aliphatic carbocycles. The molecule has 0 radical (unpaired) electrons. The van der Waals surface area contributed by atoms with Crippen LogP contribution in [0, 0.1) is 0 Å². The van der Waals surface area contributed by atoms with Crippen LogP contribution in [0.1, 0.15) is 5.56 Å². The van der Waals surface area contributed by atoms with Gasteiger partial charge in [-0.2, -0.15) is 0 Å². The largest absolute Gasteiger partial charge is 0.415 e. The zero-order chi connectivity index (χ0) is 11.9. The van der Waals surface area contributed by atoms with Crippen molar-refractivity contribution >= 4 is 6.09 Å². The van der Waals surface area contributed by atoms with Gasteiger partial charge in [-0.05, 0) is 11.6 Å². The SMILES string of the molecule is O=C(NCc1ccccc1)Oc1ncccn1. The molecule has 0 unspecified atom stereocenters. The van der Waals surface area contributed by atoms with Crippen molar-refractivity contribution in [1.82, 2.24) is 15.3 Å². The molecule has 2 rings (SSSR count). The summed E-state index contributed by atoms with van der Waals surface area (Å²) < 4.78 is 4.86. The van der Waals surface area contributed by atoms with Gasteiger partial charge in [0.2, 0.25) is 0 Å². The average Bonchev–Trinajstić information content (AvgIpc) is 2.39. The van der Waals surface area contributed by atoms with E-state index in [9.17, 15) is 4.79 Å². The van der Waals surface area contributed by atoms with Crippen molar-refractivity contribution < 1.29 is 9.53 Å². The summed E-state index contributed by atoms with van der Waals surface area (Å²) in [5.74, 6) is 0. The first kappa shape index (κ1) is 11.1. The number of amides is 1. The number of nitrogens with zero attached hydrogens (tertiary/aromatic N) is 2. The minimum atomic E-state index is -0.569. The lowest BCUT2D eigenvalue weighted by Crippen LogP contribution is -2.26. The van der Waals surface area contributed by atoms with Gasteiger partial charge in [-0.25, -0.2) is 14.8 Å². The third-order valence-electron chi connectivity index (χ3n) is 2.01. The molecule has 86 valence electrons. The second-order valence-electron chi connectivity index (χ2n) is 3.26. The molecule has 0 fully saturated rings. The Morgan fingerprint density at radius 1 is 1.12 bits per heavy atom. The number of hydrogen-bond acceptors (Lipinski definition) is 4. The number of carbonyl (C=O) groups excluding carboxylic acids is 1. The molecule has 1 heterocycles. The molecule has 5 heteroatoms. The Balaban J connectivity index is 1.83. The lowest BCUT2D eigenvalue weighted by atomic mass is 10.2. The summed E-state index contributed by atoms with van der Waals surface area (Å²) in [6.07, 6.45) is 2.44. The molecular formula is C12H11N3O2. The molecule has 17 heavy (non-hydrogen) atoms. The molecule has 1 N–H and O–H groups in total. The van der Waals surface area contributed by atoms with Crippen LogP contribution in [0.15, 0.2) is 48.8 Å². The van der Waals surface area contributed by atoms with Gasteiger partial charge in [0.1, 0.15) is 0 Å². The van der Waals surface area contributed by atoms with Crippen LogP contribution in [0.2, 0.25) is 0 Å². The van der Waals surface area contributed by atoms with Crippen molar-refractivity contribution in [1.29, 1.82) is 0 Å². The van der Waals surface area contributed by atoms with Crippen LogP contribution in [-0.4, -0.2) is 16.1 Å². The molecule has 0 bridgehead atoms. The first-order chi connectivity index (χ1) is 8.34. The molecule has 0 aliphatic heterocycles. The van der Waals surface area contributed by atoms with Crippen molar-refractivity contribution in [2.24, 2.45) is 0 Å². The highest BCUT2D eigenvalue weighted by molar-refractivity contribution is 5.69. The first-order valence-electron chi connectivity index (χ1n) is 5.11. The van der Waals surface area contributed by atoms with Gasteiger partial charge in [-0.1, -0.05) is 30.3 Å². The van der Waals surface area contributed by atoms with Crippen molar-refractivity contribution in [3.8, 4) is 6.01 Å². The van der Waals surface area contributed by atoms with E-state index in [4.69, 9.17) is 4.74 Å². The third-order valence-corrected chi connectivity index (χ3v) is 2.01. The van der Waals surface area contributed by atoms with Crippen LogP contribution >= 0.6 is 0 Å². The Bertz CT molecular complexity index is 474. The number of ether oxygens (including phenoxy) is 1. The van der Waals surface area contributed by atoms with E-state index >= 15 is 0 Å². The highest BCUT2D eigenvalue weighted by Crippen LogP contribution is 2.00. The van der Waals surface area contributed by atoms with Crippen LogP contribution in [-0.2, 0) is 6.54 Å². The highest BCUT2D eigenvalue weighted by atomic mass is 16.6. The molecule has 0 spiro atoms. The Morgan fingerprint density at radius 2 is 1.82 bits per heavy atom. The predicted molar refractivity (Wildman–Crippen MR) is 61.3 cm³/mol. The first-order valence-corrected chi connectivity index (χ1v) is 5.11. The summed E-state index contributed by atoms with van der Waals surface area (Å²) >= 11 is 0. The highest BCUT2D eigenvalue weighted by Gasteiger charge is 2.04. The van der Waals surface area contributed by atoms with E-state index < -0.39 is 6.09 Å². The van der Waals surface area contributed by atoms with Crippen LogP contribution in [0.25, 0.3) is 0 Å². The molecule has 0 saturated carbocycles. The second kappa shape index (κ2) is 5.60. The minimum Gasteiger partial charge on any atom is -0.374 e. The lowest BCUT2D eigenvalue weighted by molar-refractivity contribution is 0.196. The number of rotatable bonds is 3. The molecule has 1 aromatic carbocycles. The fourth-order valence-corrected chi connectivity index (χ4v) is 1.23. The monoisotopic (exact) mass is 229 g/mol. The Hall–Kier alpha value is -2.43. The summed E-state index contributed by atoms with van der Waals surface area (Å²) in [6.45, 7) is 0.409. The van der Waals surface area contributed by atoms with Crippen LogP contribution in [0.5, 0.6) is 6.01 Å². The number of hydrogen-bond donors (Lipinski definition) is 1.